The molecular formula is C21H30N4. The van der Waals surface area contributed by atoms with E-state index < -0.39 is 0 Å². The molecule has 0 heterocycles. The zero-order chi connectivity index (χ0) is 18.2. The summed E-state index contributed by atoms with van der Waals surface area (Å²) in [7, 11) is 0. The Bertz CT molecular complexity index is 684. The van der Waals surface area contributed by atoms with E-state index in [-0.39, 0.29) is 0 Å². The van der Waals surface area contributed by atoms with Crippen LogP contribution in [0.5, 0.6) is 0 Å². The van der Waals surface area contributed by atoms with Crippen molar-refractivity contribution in [2.24, 2.45) is 4.99 Å². The van der Waals surface area contributed by atoms with E-state index in [1.807, 2.05) is 30.5 Å². The molecule has 0 saturated carbocycles. The predicted molar refractivity (Wildman–Crippen MR) is 112 cm³/mol. The van der Waals surface area contributed by atoms with Gasteiger partial charge in [0, 0.05) is 55.0 Å². The lowest BCUT2D eigenvalue weighted by atomic mass is 10.1. The summed E-state index contributed by atoms with van der Waals surface area (Å²) in [4.78, 5) is 9.16. The van der Waals surface area contributed by atoms with Gasteiger partial charge in [-0.1, -0.05) is 0 Å². The predicted octanol–water partition coefficient (Wildman–Crippen LogP) is 4.71. The third-order valence-corrected chi connectivity index (χ3v) is 4.53. The highest BCUT2D eigenvalue weighted by atomic mass is 15.1. The van der Waals surface area contributed by atoms with Gasteiger partial charge in [-0.3, -0.25) is 4.99 Å². The summed E-state index contributed by atoms with van der Waals surface area (Å²) in [6, 6.07) is 14.5. The van der Waals surface area contributed by atoms with Crippen molar-refractivity contribution in [2.45, 2.75) is 27.7 Å². The molecule has 0 spiro atoms. The molecule has 134 valence electrons. The van der Waals surface area contributed by atoms with Gasteiger partial charge in [-0.05, 0) is 70.2 Å². The van der Waals surface area contributed by atoms with Crippen LogP contribution < -0.4 is 15.5 Å². The molecule has 0 saturated heterocycles. The summed E-state index contributed by atoms with van der Waals surface area (Å²) in [6.45, 7) is 12.6. The van der Waals surface area contributed by atoms with Gasteiger partial charge in [0.2, 0.25) is 0 Å². The molecule has 2 N–H and O–H groups in total. The standard InChI is InChI=1S/C21H30N4/c1-5-24(6-2)19-13-10-18(11-14-19)23-16-17-9-12-20(15-21(17)22)25(7-3)8-4/h9-16H,5-8,22H2,1-4H3. The Kier molecular flexibility index (Phi) is 6.87. The molecule has 0 aromatic heterocycles. The Labute approximate surface area is 152 Å². The van der Waals surface area contributed by atoms with Crippen molar-refractivity contribution < 1.29 is 0 Å². The van der Waals surface area contributed by atoms with Gasteiger partial charge in [-0.15, -0.1) is 0 Å². The van der Waals surface area contributed by atoms with Crippen molar-refractivity contribution in [1.29, 1.82) is 0 Å². The normalized spacial score (nSPS) is 11.0. The maximum absolute atomic E-state index is 6.21. The van der Waals surface area contributed by atoms with Gasteiger partial charge in [-0.2, -0.15) is 0 Å². The van der Waals surface area contributed by atoms with Crippen molar-refractivity contribution in [3.63, 3.8) is 0 Å². The van der Waals surface area contributed by atoms with E-state index in [2.05, 4.69) is 60.7 Å². The van der Waals surface area contributed by atoms with E-state index >= 15 is 0 Å². The molecule has 0 aliphatic heterocycles. The number of nitrogen functional groups attached to an aromatic ring is 1. The molecule has 25 heavy (non-hydrogen) atoms. The maximum Gasteiger partial charge on any atom is 0.0631 e. The maximum atomic E-state index is 6.21. The van der Waals surface area contributed by atoms with Crippen LogP contribution in [0.3, 0.4) is 0 Å². The molecule has 2 rings (SSSR count). The second-order valence-corrected chi connectivity index (χ2v) is 5.93. The molecule has 0 amide bonds. The largest absolute Gasteiger partial charge is 0.398 e. The molecule has 2 aromatic rings. The molecule has 0 aliphatic carbocycles. The van der Waals surface area contributed by atoms with E-state index in [0.717, 1.165) is 48.8 Å². The summed E-state index contributed by atoms with van der Waals surface area (Å²) in [5.41, 5.74) is 11.2. The average molecular weight is 338 g/mol. The molecule has 0 aliphatic rings. The minimum atomic E-state index is 0.757. The quantitative estimate of drug-likeness (QED) is 0.560. The zero-order valence-corrected chi connectivity index (χ0v) is 15.9. The minimum absolute atomic E-state index is 0.757. The van der Waals surface area contributed by atoms with Crippen molar-refractivity contribution in [3.8, 4) is 0 Å². The number of hydrogen-bond acceptors (Lipinski definition) is 4. The van der Waals surface area contributed by atoms with Crippen LogP contribution in [-0.4, -0.2) is 32.4 Å². The van der Waals surface area contributed by atoms with Gasteiger partial charge in [-0.25, -0.2) is 0 Å². The number of hydrogen-bond donors (Lipinski definition) is 1. The number of benzene rings is 2. The lowest BCUT2D eigenvalue weighted by Crippen LogP contribution is -2.21. The Morgan fingerprint density at radius 1 is 0.800 bits per heavy atom. The second kappa shape index (κ2) is 9.11. The molecule has 2 aromatic carbocycles. The first-order chi connectivity index (χ1) is 12.1. The molecule has 0 atom stereocenters. The topological polar surface area (TPSA) is 44.9 Å². The van der Waals surface area contributed by atoms with Crippen LogP contribution in [0.4, 0.5) is 22.7 Å². The van der Waals surface area contributed by atoms with E-state index in [0.29, 0.717) is 0 Å². The van der Waals surface area contributed by atoms with E-state index in [4.69, 9.17) is 5.73 Å². The smallest absolute Gasteiger partial charge is 0.0631 e. The van der Waals surface area contributed by atoms with Crippen molar-refractivity contribution in [2.75, 3.05) is 41.7 Å². The van der Waals surface area contributed by atoms with Gasteiger partial charge in [0.25, 0.3) is 0 Å². The fraction of sp³-hybridized carbons (Fsp3) is 0.381. The first-order valence-corrected chi connectivity index (χ1v) is 9.16. The van der Waals surface area contributed by atoms with Gasteiger partial charge < -0.3 is 15.5 Å². The number of nitrogens with zero attached hydrogens (tertiary/aromatic N) is 3. The van der Waals surface area contributed by atoms with Gasteiger partial charge in [0.15, 0.2) is 0 Å². The lowest BCUT2D eigenvalue weighted by Gasteiger charge is -2.21. The molecular weight excluding hydrogens is 308 g/mol. The molecule has 0 unspecified atom stereocenters. The van der Waals surface area contributed by atoms with E-state index in [9.17, 15) is 0 Å². The van der Waals surface area contributed by atoms with Crippen LogP contribution in [0, 0.1) is 0 Å². The second-order valence-electron chi connectivity index (χ2n) is 5.93. The molecule has 0 fully saturated rings. The highest BCUT2D eigenvalue weighted by Gasteiger charge is 2.05. The molecule has 0 radical (unpaired) electrons. The third kappa shape index (κ3) is 4.75. The van der Waals surface area contributed by atoms with Crippen LogP contribution in [0.1, 0.15) is 33.3 Å². The Morgan fingerprint density at radius 3 is 1.84 bits per heavy atom. The number of rotatable bonds is 8. The summed E-state index contributed by atoms with van der Waals surface area (Å²) in [5.74, 6) is 0. The van der Waals surface area contributed by atoms with Crippen molar-refractivity contribution >= 4 is 29.0 Å². The highest BCUT2D eigenvalue weighted by molar-refractivity contribution is 5.89. The van der Waals surface area contributed by atoms with Crippen LogP contribution in [0.25, 0.3) is 0 Å². The van der Waals surface area contributed by atoms with Crippen molar-refractivity contribution in [1.82, 2.24) is 0 Å². The van der Waals surface area contributed by atoms with E-state index in [1.54, 1.807) is 0 Å². The number of anilines is 3. The highest BCUT2D eigenvalue weighted by Crippen LogP contribution is 2.22. The fourth-order valence-electron chi connectivity index (χ4n) is 2.95. The Hall–Kier alpha value is -2.49. The monoisotopic (exact) mass is 338 g/mol. The average Bonchev–Trinajstić information content (AvgIpc) is 2.64. The SMILES string of the molecule is CCN(CC)c1ccc(N=Cc2ccc(N(CC)CC)cc2N)cc1. The van der Waals surface area contributed by atoms with Crippen LogP contribution >= 0.6 is 0 Å². The third-order valence-electron chi connectivity index (χ3n) is 4.53. The Morgan fingerprint density at radius 2 is 1.32 bits per heavy atom. The number of nitrogens with two attached hydrogens (primary N) is 1. The summed E-state index contributed by atoms with van der Waals surface area (Å²) >= 11 is 0. The zero-order valence-electron chi connectivity index (χ0n) is 15.9. The molecule has 4 heteroatoms. The van der Waals surface area contributed by atoms with Crippen LogP contribution in [0.15, 0.2) is 47.5 Å². The van der Waals surface area contributed by atoms with Gasteiger partial charge >= 0.3 is 0 Å². The molecule has 0 bridgehead atoms. The fourth-order valence-corrected chi connectivity index (χ4v) is 2.95. The van der Waals surface area contributed by atoms with Crippen molar-refractivity contribution in [3.05, 3.63) is 48.0 Å². The first kappa shape index (κ1) is 18.8. The van der Waals surface area contributed by atoms with Crippen LogP contribution in [-0.2, 0) is 0 Å². The van der Waals surface area contributed by atoms with E-state index in [1.165, 1.54) is 5.69 Å². The summed E-state index contributed by atoms with van der Waals surface area (Å²) < 4.78 is 0. The van der Waals surface area contributed by atoms with Crippen LogP contribution in [0.2, 0.25) is 0 Å². The lowest BCUT2D eigenvalue weighted by molar-refractivity contribution is 0.866. The molecule has 4 nitrogen and oxygen atoms in total. The first-order valence-electron chi connectivity index (χ1n) is 9.16. The summed E-state index contributed by atoms with van der Waals surface area (Å²) in [6.07, 6.45) is 1.84. The number of aliphatic imine (C=N–C) groups is 1. The summed E-state index contributed by atoms with van der Waals surface area (Å²) in [5, 5.41) is 0. The minimum Gasteiger partial charge on any atom is -0.398 e. The van der Waals surface area contributed by atoms with Gasteiger partial charge in [0.1, 0.15) is 0 Å². The Balaban J connectivity index is 2.13. The van der Waals surface area contributed by atoms with Gasteiger partial charge in [0.05, 0.1) is 5.69 Å².